The lowest BCUT2D eigenvalue weighted by Gasteiger charge is -2.39. The molecule has 0 aromatic rings. The number of hydrogen-bond acceptors (Lipinski definition) is 0. The summed E-state index contributed by atoms with van der Waals surface area (Å²) in [4.78, 5) is 0. The predicted octanol–water partition coefficient (Wildman–Crippen LogP) is 7.95. The molecule has 0 fully saturated rings. The Balaban J connectivity index is 6.08. The Morgan fingerprint density at radius 3 is 1.29 bits per heavy atom. The van der Waals surface area contributed by atoms with Crippen molar-refractivity contribution in [1.29, 1.82) is 0 Å². The summed E-state index contributed by atoms with van der Waals surface area (Å²) >= 11 is 1.75. The second-order valence-electron chi connectivity index (χ2n) is 6.58. The van der Waals surface area contributed by atoms with Crippen LogP contribution < -0.4 is 0 Å². The molecule has 0 aromatic heterocycles. The summed E-state index contributed by atoms with van der Waals surface area (Å²) in [6, 6.07) is 0. The monoisotopic (exact) mass is 558 g/mol. The highest BCUT2D eigenvalue weighted by atomic mass is 127. The van der Waals surface area contributed by atoms with Gasteiger partial charge in [0.25, 0.3) is 5.67 Å². The molecule has 0 bridgehead atoms. The van der Waals surface area contributed by atoms with Gasteiger partial charge in [0.1, 0.15) is 0 Å². The lowest BCUT2D eigenvalue weighted by atomic mass is 9.74. The summed E-state index contributed by atoms with van der Waals surface area (Å²) in [6.45, 7) is -0.362. The van der Waals surface area contributed by atoms with Crippen molar-refractivity contribution < 1.29 is 57.1 Å². The minimum Gasteiger partial charge on any atom is -0.224 e. The van der Waals surface area contributed by atoms with Gasteiger partial charge in [-0.15, -0.1) is 0 Å². The topological polar surface area (TPSA) is 0 Å². The summed E-state index contributed by atoms with van der Waals surface area (Å²) in [7, 11) is 0. The highest BCUT2D eigenvalue weighted by Gasteiger charge is 2.74. The van der Waals surface area contributed by atoms with Crippen molar-refractivity contribution in [2.24, 2.45) is 11.3 Å². The van der Waals surface area contributed by atoms with Gasteiger partial charge >= 0.3 is 24.7 Å². The second-order valence-corrected chi connectivity index (χ2v) is 7.66. The van der Waals surface area contributed by atoms with E-state index in [4.69, 9.17) is 0 Å². The molecular formula is C14H16F13I. The van der Waals surface area contributed by atoms with Gasteiger partial charge in [-0.05, 0) is 30.1 Å². The van der Waals surface area contributed by atoms with E-state index in [-0.39, 0.29) is 19.8 Å². The molecule has 14 heteroatoms. The molecule has 0 nitrogen and oxygen atoms in total. The number of halogens is 14. The number of unbranched alkanes of at least 4 members (excludes halogenated alkanes) is 1. The molecule has 170 valence electrons. The van der Waals surface area contributed by atoms with Crippen molar-refractivity contribution >= 4 is 22.6 Å². The zero-order valence-corrected chi connectivity index (χ0v) is 16.3. The Morgan fingerprint density at radius 1 is 0.607 bits per heavy atom. The van der Waals surface area contributed by atoms with E-state index in [0.717, 1.165) is 0 Å². The first-order valence-corrected chi connectivity index (χ1v) is 9.18. The first-order valence-electron chi connectivity index (χ1n) is 7.66. The fraction of sp³-hybridized carbons (Fsp3) is 1.00. The molecule has 1 atom stereocenters. The minimum atomic E-state index is -6.56. The van der Waals surface area contributed by atoms with Gasteiger partial charge in [-0.25, -0.2) is 4.39 Å². The summed E-state index contributed by atoms with van der Waals surface area (Å²) in [5, 5.41) is 0. The van der Waals surface area contributed by atoms with Gasteiger partial charge in [-0.3, -0.25) is 0 Å². The summed E-state index contributed by atoms with van der Waals surface area (Å²) < 4.78 is 168. The van der Waals surface area contributed by atoms with Crippen LogP contribution in [0.4, 0.5) is 57.1 Å². The van der Waals surface area contributed by atoms with Gasteiger partial charge in [0.05, 0.1) is 0 Å². The Morgan fingerprint density at radius 2 is 1.00 bits per heavy atom. The summed E-state index contributed by atoms with van der Waals surface area (Å²) in [5.41, 5.74) is -10.5. The van der Waals surface area contributed by atoms with E-state index in [1.54, 1.807) is 22.6 Å². The fourth-order valence-corrected chi connectivity index (χ4v) is 3.10. The van der Waals surface area contributed by atoms with E-state index in [2.05, 4.69) is 0 Å². The predicted molar refractivity (Wildman–Crippen MR) is 81.6 cm³/mol. The van der Waals surface area contributed by atoms with Gasteiger partial charge < -0.3 is 0 Å². The number of rotatable bonds is 8. The van der Waals surface area contributed by atoms with Crippen LogP contribution in [0.15, 0.2) is 0 Å². The second kappa shape index (κ2) is 8.90. The van der Waals surface area contributed by atoms with Crippen molar-refractivity contribution in [3.05, 3.63) is 0 Å². The van der Waals surface area contributed by atoms with E-state index in [1.165, 1.54) is 0 Å². The van der Waals surface area contributed by atoms with Gasteiger partial charge in [-0.2, -0.15) is 52.7 Å². The molecule has 28 heavy (non-hydrogen) atoms. The highest BCUT2D eigenvalue weighted by Crippen LogP contribution is 2.57. The van der Waals surface area contributed by atoms with Gasteiger partial charge in [0.15, 0.2) is 5.41 Å². The summed E-state index contributed by atoms with van der Waals surface area (Å²) in [6.07, 6.45) is -30.9. The van der Waals surface area contributed by atoms with E-state index in [1.807, 2.05) is 0 Å². The van der Waals surface area contributed by atoms with Crippen LogP contribution in [0.25, 0.3) is 0 Å². The Hall–Kier alpha value is -0.180. The van der Waals surface area contributed by atoms with Crippen LogP contribution in [0.1, 0.15) is 39.0 Å². The molecule has 0 saturated heterocycles. The van der Waals surface area contributed by atoms with Crippen LogP contribution in [0.3, 0.4) is 0 Å². The van der Waals surface area contributed by atoms with Crippen LogP contribution in [0.5, 0.6) is 0 Å². The van der Waals surface area contributed by atoms with E-state index >= 15 is 0 Å². The Bertz CT molecular complexity index is 417. The average Bonchev–Trinajstić information content (AvgIpc) is 2.42. The summed E-state index contributed by atoms with van der Waals surface area (Å²) in [5.74, 6) is -2.47. The van der Waals surface area contributed by atoms with Crippen LogP contribution in [0.2, 0.25) is 0 Å². The maximum Gasteiger partial charge on any atom is 0.431 e. The van der Waals surface area contributed by atoms with E-state index in [9.17, 15) is 57.1 Å². The third-order valence-electron chi connectivity index (χ3n) is 4.41. The number of hydrogen-bond donors (Lipinski definition) is 0. The molecule has 0 spiro atoms. The minimum absolute atomic E-state index is 0.114. The fourth-order valence-electron chi connectivity index (χ4n) is 2.56. The quantitative estimate of drug-likeness (QED) is 0.123. The van der Waals surface area contributed by atoms with Gasteiger partial charge in [0.2, 0.25) is 0 Å². The molecular weight excluding hydrogens is 542 g/mol. The molecule has 0 saturated carbocycles. The molecule has 0 rings (SSSR count). The van der Waals surface area contributed by atoms with Crippen molar-refractivity contribution in [3.63, 3.8) is 0 Å². The lowest BCUT2D eigenvalue weighted by molar-refractivity contribution is -0.354. The molecule has 0 aromatic carbocycles. The number of alkyl halides is 14. The Kier molecular flexibility index (Phi) is 8.84. The molecule has 1 unspecified atom stereocenters. The maximum absolute atomic E-state index is 13.9. The first-order chi connectivity index (χ1) is 12.1. The molecule has 0 N–H and O–H groups in total. The molecule has 0 aliphatic heterocycles. The van der Waals surface area contributed by atoms with Gasteiger partial charge in [-0.1, -0.05) is 35.4 Å². The van der Waals surface area contributed by atoms with E-state index < -0.39 is 61.0 Å². The van der Waals surface area contributed by atoms with Crippen LogP contribution in [-0.4, -0.2) is 34.8 Å². The third kappa shape index (κ3) is 6.16. The SMILES string of the molecule is CC(CC(CCCCI)CC(F)(C(F)(F)F)C(F)(F)F)(C(F)(F)F)C(F)(F)F. The van der Waals surface area contributed by atoms with Crippen molar-refractivity contribution in [2.45, 2.75) is 69.4 Å². The van der Waals surface area contributed by atoms with Crippen LogP contribution >= 0.6 is 22.6 Å². The maximum atomic E-state index is 13.9. The van der Waals surface area contributed by atoms with Crippen molar-refractivity contribution in [3.8, 4) is 0 Å². The largest absolute Gasteiger partial charge is 0.431 e. The van der Waals surface area contributed by atoms with Crippen molar-refractivity contribution in [2.75, 3.05) is 4.43 Å². The molecule has 0 amide bonds. The average molecular weight is 558 g/mol. The lowest BCUT2D eigenvalue weighted by Crippen LogP contribution is -2.55. The first kappa shape index (κ1) is 27.8. The van der Waals surface area contributed by atoms with Crippen molar-refractivity contribution in [1.82, 2.24) is 0 Å². The zero-order chi connectivity index (χ0) is 22.8. The standard InChI is InChI=1S/C14H16F13I/c1-9(11(16,17)18,12(19,20)21)6-8(4-2-3-5-28)7-10(15,13(22,23)24)14(25,26)27/h8H,2-7H2,1H3. The highest BCUT2D eigenvalue weighted by molar-refractivity contribution is 14.1. The van der Waals surface area contributed by atoms with E-state index in [0.29, 0.717) is 4.43 Å². The molecule has 0 aliphatic carbocycles. The van der Waals surface area contributed by atoms with Gasteiger partial charge in [0, 0.05) is 6.42 Å². The third-order valence-corrected chi connectivity index (χ3v) is 5.18. The Labute approximate surface area is 165 Å². The molecule has 0 heterocycles. The molecule has 0 aliphatic rings. The van der Waals surface area contributed by atoms with Crippen LogP contribution in [0, 0.1) is 11.3 Å². The smallest absolute Gasteiger partial charge is 0.224 e. The van der Waals surface area contributed by atoms with Crippen LogP contribution in [-0.2, 0) is 0 Å². The zero-order valence-electron chi connectivity index (χ0n) is 14.1. The normalized spacial score (nSPS) is 16.4. The molecule has 0 radical (unpaired) electrons.